The Hall–Kier alpha value is -4.83. The summed E-state index contributed by atoms with van der Waals surface area (Å²) in [6.07, 6.45) is 0.735. The zero-order valence-corrected chi connectivity index (χ0v) is 25.7. The van der Waals surface area contributed by atoms with E-state index in [0.717, 1.165) is 41.1 Å². The zero-order chi connectivity index (χ0) is 32.7. The molecule has 5 rings (SSSR count). The molecular formula is C36H36F3N5O2. The van der Waals surface area contributed by atoms with E-state index in [1.165, 1.54) is 12.1 Å². The number of hydrogen-bond acceptors (Lipinski definition) is 5. The second-order valence-electron chi connectivity index (χ2n) is 11.6. The number of hydrogen-bond donors (Lipinski definition) is 1. The van der Waals surface area contributed by atoms with Gasteiger partial charge in [0.1, 0.15) is 5.69 Å². The van der Waals surface area contributed by atoms with Gasteiger partial charge < -0.3 is 15.1 Å². The number of benzene rings is 2. The first-order valence-electron chi connectivity index (χ1n) is 15.1. The van der Waals surface area contributed by atoms with E-state index in [-0.39, 0.29) is 36.1 Å². The fraction of sp³-hybridized carbons (Fsp3) is 0.278. The summed E-state index contributed by atoms with van der Waals surface area (Å²) >= 11 is 0. The third-order valence-electron chi connectivity index (χ3n) is 8.19. The number of likely N-dealkylation sites (N-methyl/N-ethyl adjacent to an activating group) is 1. The van der Waals surface area contributed by atoms with Crippen molar-refractivity contribution in [3.63, 3.8) is 0 Å². The summed E-state index contributed by atoms with van der Waals surface area (Å²) in [6.45, 7) is 1.26. The van der Waals surface area contributed by atoms with E-state index in [0.29, 0.717) is 13.1 Å². The van der Waals surface area contributed by atoms with E-state index >= 15 is 0 Å². The molecule has 0 saturated carbocycles. The Labute approximate surface area is 266 Å². The first-order valence-corrected chi connectivity index (χ1v) is 15.1. The molecule has 238 valence electrons. The van der Waals surface area contributed by atoms with Crippen LogP contribution in [0.1, 0.15) is 28.8 Å². The molecule has 1 fully saturated rings. The fourth-order valence-corrected chi connectivity index (χ4v) is 5.54. The highest BCUT2D eigenvalue weighted by Crippen LogP contribution is 2.29. The van der Waals surface area contributed by atoms with E-state index in [1.54, 1.807) is 11.1 Å². The molecule has 1 N–H and O–H groups in total. The van der Waals surface area contributed by atoms with Gasteiger partial charge in [0.15, 0.2) is 0 Å². The predicted molar refractivity (Wildman–Crippen MR) is 171 cm³/mol. The Morgan fingerprint density at radius 2 is 1.70 bits per heavy atom. The van der Waals surface area contributed by atoms with Crippen molar-refractivity contribution in [2.24, 2.45) is 5.92 Å². The number of rotatable bonds is 10. The van der Waals surface area contributed by atoms with E-state index in [1.807, 2.05) is 86.9 Å². The Balaban J connectivity index is 1.46. The lowest BCUT2D eigenvalue weighted by Gasteiger charge is -2.26. The van der Waals surface area contributed by atoms with Crippen molar-refractivity contribution in [3.8, 4) is 11.3 Å². The number of nitrogens with zero attached hydrogens (tertiary/aromatic N) is 4. The quantitative estimate of drug-likeness (QED) is 0.222. The summed E-state index contributed by atoms with van der Waals surface area (Å²) in [6, 6.07) is 25.0. The molecule has 0 spiro atoms. The lowest BCUT2D eigenvalue weighted by molar-refractivity contribution is -0.141. The van der Waals surface area contributed by atoms with Crippen LogP contribution in [0, 0.1) is 5.92 Å². The van der Waals surface area contributed by atoms with Crippen molar-refractivity contribution >= 4 is 17.9 Å². The first-order chi connectivity index (χ1) is 22.1. The number of amides is 2. The van der Waals surface area contributed by atoms with Gasteiger partial charge >= 0.3 is 6.18 Å². The minimum Gasteiger partial charge on any atom is -0.348 e. The van der Waals surface area contributed by atoms with Gasteiger partial charge in [0.2, 0.25) is 11.8 Å². The first kappa shape index (κ1) is 32.6. The maximum atomic E-state index is 14.2. The van der Waals surface area contributed by atoms with Gasteiger partial charge in [-0.3, -0.25) is 19.6 Å². The van der Waals surface area contributed by atoms with Crippen molar-refractivity contribution < 1.29 is 22.8 Å². The molecule has 46 heavy (non-hydrogen) atoms. The molecule has 1 aliphatic heterocycles. The molecule has 1 saturated heterocycles. The molecule has 0 bridgehead atoms. The number of aromatic nitrogens is 2. The van der Waals surface area contributed by atoms with E-state index in [2.05, 4.69) is 20.2 Å². The molecule has 2 aromatic heterocycles. The molecule has 0 radical (unpaired) electrons. The Morgan fingerprint density at radius 3 is 2.30 bits per heavy atom. The molecule has 3 heterocycles. The van der Waals surface area contributed by atoms with Crippen LogP contribution in [-0.4, -0.2) is 64.8 Å². The molecule has 7 nitrogen and oxygen atoms in total. The Bertz CT molecular complexity index is 1640. The molecule has 10 heteroatoms. The van der Waals surface area contributed by atoms with Gasteiger partial charge in [-0.25, -0.2) is 0 Å². The molecular weight excluding hydrogens is 591 g/mol. The van der Waals surface area contributed by atoms with Gasteiger partial charge in [-0.2, -0.15) is 13.2 Å². The summed E-state index contributed by atoms with van der Waals surface area (Å²) in [5, 5.41) is 2.95. The van der Waals surface area contributed by atoms with Crippen LogP contribution in [0.15, 0.2) is 103 Å². The third-order valence-corrected chi connectivity index (χ3v) is 8.19. The molecule has 4 aromatic rings. The van der Waals surface area contributed by atoms with Crippen LogP contribution >= 0.6 is 0 Å². The SMILES string of the molecule is CN(C)[C@@H]1CCN(C(=O)[C@@H](Cc2ccccc2)C(=Cc2ccc(C(F)(F)F)nc2)C(=O)NCc2ccc(-c3ccccn3)cc2)C1. The van der Waals surface area contributed by atoms with Crippen LogP contribution in [-0.2, 0) is 28.7 Å². The van der Waals surface area contributed by atoms with Crippen LogP contribution in [0.2, 0.25) is 0 Å². The summed E-state index contributed by atoms with van der Waals surface area (Å²) in [7, 11) is 3.94. The fourth-order valence-electron chi connectivity index (χ4n) is 5.54. The predicted octanol–water partition coefficient (Wildman–Crippen LogP) is 5.88. The molecule has 2 atom stereocenters. The average molecular weight is 628 g/mol. The number of nitrogens with one attached hydrogen (secondary N) is 1. The maximum absolute atomic E-state index is 14.2. The standard InChI is InChI=1S/C36H36F3N5O2/c1-43(2)29-17-19-44(24-29)35(46)31(20-25-8-4-3-5-9-25)30(21-27-13-16-33(41-23-27)36(37,38)39)34(45)42-22-26-11-14-28(15-12-26)32-10-6-7-18-40-32/h3-16,18,21,23,29,31H,17,19-20,22,24H2,1-2H3,(H,42,45)/t29-,31+/m1/s1. The highest BCUT2D eigenvalue weighted by atomic mass is 19.4. The second kappa shape index (κ2) is 14.5. The van der Waals surface area contributed by atoms with Gasteiger partial charge in [0.05, 0.1) is 11.6 Å². The van der Waals surface area contributed by atoms with Gasteiger partial charge in [0.25, 0.3) is 0 Å². The van der Waals surface area contributed by atoms with Gasteiger partial charge in [-0.1, -0.05) is 66.7 Å². The van der Waals surface area contributed by atoms with Crippen LogP contribution < -0.4 is 5.32 Å². The van der Waals surface area contributed by atoms with Crippen molar-refractivity contribution in [2.75, 3.05) is 27.2 Å². The topological polar surface area (TPSA) is 78.4 Å². The smallest absolute Gasteiger partial charge is 0.348 e. The van der Waals surface area contributed by atoms with E-state index < -0.39 is 23.7 Å². The number of pyridine rings is 2. The van der Waals surface area contributed by atoms with Crippen molar-refractivity contribution in [3.05, 3.63) is 125 Å². The third kappa shape index (κ3) is 8.25. The number of halogens is 3. The summed E-state index contributed by atoms with van der Waals surface area (Å²) in [5.41, 5.74) is 2.87. The summed E-state index contributed by atoms with van der Waals surface area (Å²) < 4.78 is 39.7. The van der Waals surface area contributed by atoms with E-state index in [4.69, 9.17) is 0 Å². The van der Waals surface area contributed by atoms with Crippen LogP contribution in [0.5, 0.6) is 0 Å². The highest BCUT2D eigenvalue weighted by molar-refractivity contribution is 6.04. The molecule has 1 aliphatic rings. The Morgan fingerprint density at radius 1 is 0.957 bits per heavy atom. The highest BCUT2D eigenvalue weighted by Gasteiger charge is 2.36. The monoisotopic (exact) mass is 627 g/mol. The Kier molecular flexibility index (Phi) is 10.3. The molecule has 2 aromatic carbocycles. The summed E-state index contributed by atoms with van der Waals surface area (Å²) in [4.78, 5) is 40.0. The number of likely N-dealkylation sites (tertiary alicyclic amines) is 1. The van der Waals surface area contributed by atoms with Crippen LogP contribution in [0.3, 0.4) is 0 Å². The van der Waals surface area contributed by atoms with Crippen molar-refractivity contribution in [1.82, 2.24) is 25.1 Å². The van der Waals surface area contributed by atoms with Crippen molar-refractivity contribution in [2.45, 2.75) is 31.6 Å². The van der Waals surface area contributed by atoms with Crippen LogP contribution in [0.4, 0.5) is 13.2 Å². The lowest BCUT2D eigenvalue weighted by Crippen LogP contribution is -2.41. The van der Waals surface area contributed by atoms with Gasteiger partial charge in [-0.05, 0) is 67.9 Å². The minimum atomic E-state index is -4.60. The maximum Gasteiger partial charge on any atom is 0.433 e. The van der Waals surface area contributed by atoms with Crippen molar-refractivity contribution in [1.29, 1.82) is 0 Å². The normalized spacial score (nSPS) is 16.0. The second-order valence-corrected chi connectivity index (χ2v) is 11.6. The van der Waals surface area contributed by atoms with Crippen LogP contribution in [0.25, 0.3) is 17.3 Å². The molecule has 0 aliphatic carbocycles. The lowest BCUT2D eigenvalue weighted by atomic mass is 9.88. The summed E-state index contributed by atoms with van der Waals surface area (Å²) in [5.74, 6) is -1.56. The zero-order valence-electron chi connectivity index (χ0n) is 25.7. The average Bonchev–Trinajstić information content (AvgIpc) is 3.57. The largest absolute Gasteiger partial charge is 0.433 e. The van der Waals surface area contributed by atoms with E-state index in [9.17, 15) is 22.8 Å². The number of carbonyl (C=O) groups excluding carboxylic acids is 2. The number of carbonyl (C=O) groups is 2. The van der Waals surface area contributed by atoms with Gasteiger partial charge in [-0.15, -0.1) is 0 Å². The molecule has 2 amide bonds. The number of alkyl halides is 3. The minimum absolute atomic E-state index is 0.161. The molecule has 0 unspecified atom stereocenters. The van der Waals surface area contributed by atoms with Gasteiger partial charge in [0, 0.05) is 49.2 Å².